The molecule has 0 rings (SSSR count). The SMILES string of the molecule is COC(=O)/C(C)=C/CC/C(C)=C/C=C(\C)CC/C=C(\C)C(=O)OC. The lowest BCUT2D eigenvalue weighted by Crippen LogP contribution is -2.01. The molecule has 0 unspecified atom stereocenters. The van der Waals surface area contributed by atoms with Crippen molar-refractivity contribution in [3.05, 3.63) is 46.6 Å². The molecule has 0 aliphatic carbocycles. The second-order valence-corrected chi connectivity index (χ2v) is 5.86. The first-order chi connectivity index (χ1) is 11.3. The molecule has 0 aromatic rings. The molecule has 0 heterocycles. The van der Waals surface area contributed by atoms with Gasteiger partial charge < -0.3 is 9.47 Å². The van der Waals surface area contributed by atoms with Crippen molar-refractivity contribution in [1.29, 1.82) is 0 Å². The van der Waals surface area contributed by atoms with Crippen LogP contribution >= 0.6 is 0 Å². The van der Waals surface area contributed by atoms with Crippen LogP contribution in [0.15, 0.2) is 46.6 Å². The maximum atomic E-state index is 11.3. The van der Waals surface area contributed by atoms with Gasteiger partial charge in [-0.3, -0.25) is 0 Å². The van der Waals surface area contributed by atoms with Crippen molar-refractivity contribution in [3.63, 3.8) is 0 Å². The Bertz CT molecular complexity index is 498. The maximum absolute atomic E-state index is 11.3. The van der Waals surface area contributed by atoms with Crippen LogP contribution < -0.4 is 0 Å². The van der Waals surface area contributed by atoms with Crippen LogP contribution in [0.2, 0.25) is 0 Å². The van der Waals surface area contributed by atoms with Crippen LogP contribution in [-0.4, -0.2) is 26.2 Å². The van der Waals surface area contributed by atoms with Crippen molar-refractivity contribution in [2.75, 3.05) is 14.2 Å². The van der Waals surface area contributed by atoms with Crippen LogP contribution in [-0.2, 0) is 19.1 Å². The standard InChI is InChI=1S/C20H30O4/c1-15(9-7-11-17(3)19(21)23-5)13-14-16(2)10-8-12-18(4)20(22)24-6/h11-14H,7-10H2,1-6H3/b15-13+,16-14+,17-11+,18-12+. The summed E-state index contributed by atoms with van der Waals surface area (Å²) in [6, 6.07) is 0. The lowest BCUT2D eigenvalue weighted by Gasteiger charge is -2.01. The van der Waals surface area contributed by atoms with Gasteiger partial charge in [0.1, 0.15) is 0 Å². The van der Waals surface area contributed by atoms with Crippen LogP contribution in [0.5, 0.6) is 0 Å². The summed E-state index contributed by atoms with van der Waals surface area (Å²) < 4.78 is 9.32. The Morgan fingerprint density at radius 3 is 1.33 bits per heavy atom. The first kappa shape index (κ1) is 21.9. The van der Waals surface area contributed by atoms with Gasteiger partial charge in [0.15, 0.2) is 0 Å². The second-order valence-electron chi connectivity index (χ2n) is 5.86. The highest BCUT2D eigenvalue weighted by Crippen LogP contribution is 2.11. The Hall–Kier alpha value is -2.10. The minimum absolute atomic E-state index is 0.275. The third kappa shape index (κ3) is 9.82. The number of rotatable bonds is 9. The largest absolute Gasteiger partial charge is 0.466 e. The summed E-state index contributed by atoms with van der Waals surface area (Å²) in [6.45, 7) is 7.68. The van der Waals surface area contributed by atoms with Crippen molar-refractivity contribution in [2.24, 2.45) is 0 Å². The summed E-state index contributed by atoms with van der Waals surface area (Å²) in [7, 11) is 2.78. The molecule has 0 aliphatic rings. The van der Waals surface area contributed by atoms with Gasteiger partial charge in [0.25, 0.3) is 0 Å². The Labute approximate surface area is 145 Å². The first-order valence-corrected chi connectivity index (χ1v) is 8.14. The molecule has 0 fully saturated rings. The molecular formula is C20H30O4. The van der Waals surface area contributed by atoms with E-state index in [1.54, 1.807) is 13.8 Å². The van der Waals surface area contributed by atoms with Crippen LogP contribution in [0.3, 0.4) is 0 Å². The Balaban J connectivity index is 4.35. The van der Waals surface area contributed by atoms with Gasteiger partial charge in [-0.2, -0.15) is 0 Å². The highest BCUT2D eigenvalue weighted by atomic mass is 16.5. The fraction of sp³-hybridized carbons (Fsp3) is 0.500. The molecular weight excluding hydrogens is 304 g/mol. The molecule has 4 nitrogen and oxygen atoms in total. The molecule has 134 valence electrons. The number of ether oxygens (including phenoxy) is 2. The van der Waals surface area contributed by atoms with Gasteiger partial charge in [-0.1, -0.05) is 35.5 Å². The third-order valence-electron chi connectivity index (χ3n) is 3.65. The second kappa shape index (κ2) is 12.3. The number of esters is 2. The molecule has 0 spiro atoms. The van der Waals surface area contributed by atoms with Crippen molar-refractivity contribution in [3.8, 4) is 0 Å². The first-order valence-electron chi connectivity index (χ1n) is 8.14. The Morgan fingerprint density at radius 2 is 1.04 bits per heavy atom. The quantitative estimate of drug-likeness (QED) is 0.349. The lowest BCUT2D eigenvalue weighted by atomic mass is 10.1. The normalized spacial score (nSPS) is 13.8. The van der Waals surface area contributed by atoms with Crippen LogP contribution in [0, 0.1) is 0 Å². The smallest absolute Gasteiger partial charge is 0.333 e. The summed E-state index contributed by atoms with van der Waals surface area (Å²) >= 11 is 0. The molecule has 0 radical (unpaired) electrons. The van der Waals surface area contributed by atoms with Gasteiger partial charge in [0, 0.05) is 11.1 Å². The van der Waals surface area contributed by atoms with Gasteiger partial charge in [-0.15, -0.1) is 0 Å². The van der Waals surface area contributed by atoms with Crippen molar-refractivity contribution < 1.29 is 19.1 Å². The number of allylic oxidation sites excluding steroid dienone is 6. The van der Waals surface area contributed by atoms with Crippen LogP contribution in [0.25, 0.3) is 0 Å². The van der Waals surface area contributed by atoms with Crippen molar-refractivity contribution in [1.82, 2.24) is 0 Å². The van der Waals surface area contributed by atoms with E-state index >= 15 is 0 Å². The average molecular weight is 334 g/mol. The molecule has 0 amide bonds. The minimum atomic E-state index is -0.275. The summed E-state index contributed by atoms with van der Waals surface area (Å²) in [5.74, 6) is -0.551. The van der Waals surface area contributed by atoms with Crippen molar-refractivity contribution in [2.45, 2.75) is 53.4 Å². The van der Waals surface area contributed by atoms with E-state index in [1.807, 2.05) is 12.2 Å². The maximum Gasteiger partial charge on any atom is 0.333 e. The molecule has 0 saturated heterocycles. The van der Waals surface area contributed by atoms with E-state index < -0.39 is 0 Å². The van der Waals surface area contributed by atoms with Crippen molar-refractivity contribution >= 4 is 11.9 Å². The van der Waals surface area contributed by atoms with E-state index in [9.17, 15) is 9.59 Å². The molecule has 0 atom stereocenters. The van der Waals surface area contributed by atoms with E-state index in [-0.39, 0.29) is 11.9 Å². The summed E-state index contributed by atoms with van der Waals surface area (Å²) in [4.78, 5) is 22.5. The zero-order valence-corrected chi connectivity index (χ0v) is 15.8. The number of methoxy groups -OCH3 is 2. The van der Waals surface area contributed by atoms with E-state index in [0.29, 0.717) is 11.1 Å². The lowest BCUT2D eigenvalue weighted by molar-refractivity contribution is -0.136. The predicted octanol–water partition coefficient (Wildman–Crippen LogP) is 4.68. The van der Waals surface area contributed by atoms with Gasteiger partial charge in [0.2, 0.25) is 0 Å². The predicted molar refractivity (Wildman–Crippen MR) is 97.5 cm³/mol. The van der Waals surface area contributed by atoms with Gasteiger partial charge in [-0.05, 0) is 53.4 Å². The topological polar surface area (TPSA) is 52.6 Å². The van der Waals surface area contributed by atoms with Gasteiger partial charge in [-0.25, -0.2) is 9.59 Å². The van der Waals surface area contributed by atoms with Crippen LogP contribution in [0.4, 0.5) is 0 Å². The number of carbonyl (C=O) groups is 2. The molecule has 0 bridgehead atoms. The van der Waals surface area contributed by atoms with E-state index in [4.69, 9.17) is 0 Å². The Kier molecular flexibility index (Phi) is 11.3. The van der Waals surface area contributed by atoms with Gasteiger partial charge in [0.05, 0.1) is 14.2 Å². The number of hydrogen-bond donors (Lipinski definition) is 0. The molecule has 4 heteroatoms. The van der Waals surface area contributed by atoms with E-state index in [2.05, 4.69) is 35.5 Å². The van der Waals surface area contributed by atoms with E-state index in [1.165, 1.54) is 25.4 Å². The molecule has 0 N–H and O–H groups in total. The zero-order chi connectivity index (χ0) is 18.5. The van der Waals surface area contributed by atoms with Gasteiger partial charge >= 0.3 is 11.9 Å². The number of carbonyl (C=O) groups excluding carboxylic acids is 2. The van der Waals surface area contributed by atoms with E-state index in [0.717, 1.165) is 25.7 Å². The highest BCUT2D eigenvalue weighted by molar-refractivity contribution is 5.87. The summed E-state index contributed by atoms with van der Waals surface area (Å²) in [5, 5.41) is 0. The molecule has 0 aliphatic heterocycles. The fourth-order valence-corrected chi connectivity index (χ4v) is 1.97. The summed E-state index contributed by atoms with van der Waals surface area (Å²) in [6.07, 6.45) is 11.5. The average Bonchev–Trinajstić information content (AvgIpc) is 2.57. The highest BCUT2D eigenvalue weighted by Gasteiger charge is 2.02. The Morgan fingerprint density at radius 1 is 0.708 bits per heavy atom. The van der Waals surface area contributed by atoms with Crippen LogP contribution in [0.1, 0.15) is 53.4 Å². The molecule has 0 saturated carbocycles. The molecule has 24 heavy (non-hydrogen) atoms. The summed E-state index contributed by atoms with van der Waals surface area (Å²) in [5.41, 5.74) is 3.80. The monoisotopic (exact) mass is 334 g/mol. The molecule has 0 aromatic heterocycles. The zero-order valence-electron chi connectivity index (χ0n) is 15.8. The number of hydrogen-bond acceptors (Lipinski definition) is 4. The third-order valence-corrected chi connectivity index (χ3v) is 3.65. The minimum Gasteiger partial charge on any atom is -0.466 e. The molecule has 0 aromatic carbocycles. The fourth-order valence-electron chi connectivity index (χ4n) is 1.97.